The lowest BCUT2D eigenvalue weighted by Crippen LogP contribution is -2.23. The molecule has 0 bridgehead atoms. The first kappa shape index (κ1) is 17.6. The Kier molecular flexibility index (Phi) is 4.58. The standard InChI is InChI=1S/C17H15N5O3S2/c1-25-12-5-3-2-4-10(12)8-21-15(24)14-11(6-7-26-14)22-16(21)19-20-17(22)27-9-13(18)23/h2-7H,8-9H2,1H3,(H2,18,23). The van der Waals surface area contributed by atoms with Gasteiger partial charge in [0.2, 0.25) is 11.7 Å². The Morgan fingerprint density at radius 3 is 2.89 bits per heavy atom. The third-order valence-electron chi connectivity index (χ3n) is 4.05. The number of amides is 1. The molecule has 10 heteroatoms. The number of hydrogen-bond acceptors (Lipinski definition) is 7. The van der Waals surface area contributed by atoms with Gasteiger partial charge in [0.15, 0.2) is 5.16 Å². The highest BCUT2D eigenvalue weighted by Gasteiger charge is 2.19. The average Bonchev–Trinajstić information content (AvgIpc) is 3.30. The zero-order valence-electron chi connectivity index (χ0n) is 14.3. The first-order valence-corrected chi connectivity index (χ1v) is 9.85. The quantitative estimate of drug-likeness (QED) is 0.494. The molecule has 138 valence electrons. The number of para-hydroxylation sites is 1. The zero-order valence-corrected chi connectivity index (χ0v) is 15.9. The van der Waals surface area contributed by atoms with E-state index in [1.165, 1.54) is 23.1 Å². The number of ether oxygens (including phenoxy) is 1. The van der Waals surface area contributed by atoms with E-state index in [2.05, 4.69) is 10.2 Å². The molecule has 1 amide bonds. The topological polar surface area (TPSA) is 105 Å². The van der Waals surface area contributed by atoms with Crippen LogP contribution >= 0.6 is 23.1 Å². The first-order valence-electron chi connectivity index (χ1n) is 7.98. The summed E-state index contributed by atoms with van der Waals surface area (Å²) in [6.45, 7) is 0.290. The van der Waals surface area contributed by atoms with Crippen molar-refractivity contribution in [1.82, 2.24) is 19.2 Å². The van der Waals surface area contributed by atoms with Gasteiger partial charge in [-0.1, -0.05) is 30.0 Å². The molecule has 0 unspecified atom stereocenters. The molecule has 0 atom stereocenters. The number of fused-ring (bicyclic) bond motifs is 3. The van der Waals surface area contributed by atoms with Crippen LogP contribution in [-0.2, 0) is 11.3 Å². The van der Waals surface area contributed by atoms with Crippen LogP contribution in [-0.4, -0.2) is 37.9 Å². The van der Waals surface area contributed by atoms with Crippen LogP contribution in [0.2, 0.25) is 0 Å². The lowest BCUT2D eigenvalue weighted by molar-refractivity contribution is -0.115. The number of aromatic nitrogens is 4. The third-order valence-corrected chi connectivity index (χ3v) is 5.89. The van der Waals surface area contributed by atoms with Crippen LogP contribution in [0, 0.1) is 0 Å². The monoisotopic (exact) mass is 401 g/mol. The van der Waals surface area contributed by atoms with Gasteiger partial charge in [-0.3, -0.25) is 18.6 Å². The second kappa shape index (κ2) is 7.05. The summed E-state index contributed by atoms with van der Waals surface area (Å²) in [6, 6.07) is 9.36. The van der Waals surface area contributed by atoms with Gasteiger partial charge in [0.25, 0.3) is 5.56 Å². The molecule has 0 fully saturated rings. The van der Waals surface area contributed by atoms with Crippen LogP contribution in [0.4, 0.5) is 0 Å². The highest BCUT2D eigenvalue weighted by atomic mass is 32.2. The van der Waals surface area contributed by atoms with Crippen molar-refractivity contribution in [3.8, 4) is 5.75 Å². The van der Waals surface area contributed by atoms with Crippen molar-refractivity contribution in [2.75, 3.05) is 12.9 Å². The summed E-state index contributed by atoms with van der Waals surface area (Å²) < 4.78 is 9.35. The van der Waals surface area contributed by atoms with Crippen LogP contribution in [0.5, 0.6) is 5.75 Å². The van der Waals surface area contributed by atoms with Crippen LogP contribution in [0.25, 0.3) is 16.0 Å². The van der Waals surface area contributed by atoms with Crippen LogP contribution in [0.3, 0.4) is 0 Å². The van der Waals surface area contributed by atoms with E-state index < -0.39 is 5.91 Å². The molecule has 0 aliphatic heterocycles. The van der Waals surface area contributed by atoms with E-state index in [0.29, 0.717) is 33.4 Å². The summed E-state index contributed by atoms with van der Waals surface area (Å²) in [4.78, 5) is 24.2. The Labute approximate surface area is 161 Å². The summed E-state index contributed by atoms with van der Waals surface area (Å²) in [7, 11) is 1.59. The predicted octanol–water partition coefficient (Wildman–Crippen LogP) is 1.74. The summed E-state index contributed by atoms with van der Waals surface area (Å²) in [6.07, 6.45) is 0. The summed E-state index contributed by atoms with van der Waals surface area (Å²) in [5.74, 6) is 0.735. The SMILES string of the molecule is COc1ccccc1Cn1c(=O)c2sccc2n2c(SCC(N)=O)nnc12. The molecule has 4 rings (SSSR count). The number of nitrogens with zero attached hydrogens (tertiary/aromatic N) is 4. The normalized spacial score (nSPS) is 11.3. The molecule has 0 aliphatic rings. The smallest absolute Gasteiger partial charge is 0.273 e. The molecule has 3 aromatic heterocycles. The van der Waals surface area contributed by atoms with E-state index in [0.717, 1.165) is 5.56 Å². The fraction of sp³-hybridized carbons (Fsp3) is 0.176. The molecule has 0 saturated heterocycles. The highest BCUT2D eigenvalue weighted by Crippen LogP contribution is 2.25. The predicted molar refractivity (Wildman–Crippen MR) is 105 cm³/mol. The van der Waals surface area contributed by atoms with E-state index in [4.69, 9.17) is 10.5 Å². The minimum Gasteiger partial charge on any atom is -0.496 e. The molecule has 0 spiro atoms. The van der Waals surface area contributed by atoms with E-state index in [1.807, 2.05) is 35.7 Å². The van der Waals surface area contributed by atoms with Gasteiger partial charge < -0.3 is 10.5 Å². The fourth-order valence-electron chi connectivity index (χ4n) is 2.88. The van der Waals surface area contributed by atoms with Gasteiger partial charge in [0, 0.05) is 5.56 Å². The lowest BCUT2D eigenvalue weighted by Gasteiger charge is -2.12. The van der Waals surface area contributed by atoms with Gasteiger partial charge in [-0.2, -0.15) is 0 Å². The summed E-state index contributed by atoms with van der Waals surface area (Å²) >= 11 is 2.55. The molecule has 0 aliphatic carbocycles. The maximum Gasteiger partial charge on any atom is 0.273 e. The molecule has 3 heterocycles. The Morgan fingerprint density at radius 2 is 2.11 bits per heavy atom. The van der Waals surface area contributed by atoms with Gasteiger partial charge in [-0.25, -0.2) is 0 Å². The van der Waals surface area contributed by atoms with Gasteiger partial charge in [-0.15, -0.1) is 21.5 Å². The molecular formula is C17H15N5O3S2. The Balaban J connectivity index is 1.92. The number of methoxy groups -OCH3 is 1. The summed E-state index contributed by atoms with van der Waals surface area (Å²) in [5.41, 5.74) is 6.68. The van der Waals surface area contributed by atoms with Crippen LogP contribution < -0.4 is 16.0 Å². The maximum atomic E-state index is 13.1. The average molecular weight is 401 g/mol. The number of carbonyl (C=O) groups is 1. The van der Waals surface area contributed by atoms with Gasteiger partial charge in [0.05, 0.1) is 24.9 Å². The van der Waals surface area contributed by atoms with Crippen molar-refractivity contribution < 1.29 is 9.53 Å². The molecule has 4 aromatic rings. The number of benzene rings is 1. The van der Waals surface area contributed by atoms with Gasteiger partial charge >= 0.3 is 0 Å². The highest BCUT2D eigenvalue weighted by molar-refractivity contribution is 7.99. The van der Waals surface area contributed by atoms with Crippen molar-refractivity contribution in [3.05, 3.63) is 51.6 Å². The Hall–Kier alpha value is -2.85. The number of primary amides is 1. The van der Waals surface area contributed by atoms with Crippen LogP contribution in [0.15, 0.2) is 45.7 Å². The molecule has 0 saturated carbocycles. The second-order valence-corrected chi connectivity index (χ2v) is 7.57. The molecular weight excluding hydrogens is 386 g/mol. The fourth-order valence-corrected chi connectivity index (χ4v) is 4.38. The number of nitrogens with two attached hydrogens (primary N) is 1. The number of hydrogen-bond donors (Lipinski definition) is 1. The maximum absolute atomic E-state index is 13.1. The second-order valence-electron chi connectivity index (χ2n) is 5.71. The molecule has 8 nitrogen and oxygen atoms in total. The van der Waals surface area contributed by atoms with E-state index in [-0.39, 0.29) is 11.3 Å². The van der Waals surface area contributed by atoms with Crippen molar-refractivity contribution in [2.45, 2.75) is 11.7 Å². The lowest BCUT2D eigenvalue weighted by atomic mass is 10.2. The van der Waals surface area contributed by atoms with Crippen molar-refractivity contribution in [3.63, 3.8) is 0 Å². The molecule has 2 N–H and O–H groups in total. The molecule has 0 radical (unpaired) electrons. The van der Waals surface area contributed by atoms with Crippen molar-refractivity contribution in [1.29, 1.82) is 0 Å². The minimum absolute atomic E-state index is 0.0814. The van der Waals surface area contributed by atoms with E-state index in [1.54, 1.807) is 16.1 Å². The van der Waals surface area contributed by atoms with E-state index in [9.17, 15) is 9.59 Å². The Bertz CT molecular complexity index is 1210. The van der Waals surface area contributed by atoms with Crippen molar-refractivity contribution in [2.24, 2.45) is 5.73 Å². The first-order chi connectivity index (χ1) is 13.1. The van der Waals surface area contributed by atoms with Gasteiger partial charge in [0.1, 0.15) is 10.4 Å². The molecule has 1 aromatic carbocycles. The largest absolute Gasteiger partial charge is 0.496 e. The summed E-state index contributed by atoms with van der Waals surface area (Å²) in [5, 5.41) is 10.7. The minimum atomic E-state index is -0.444. The van der Waals surface area contributed by atoms with Crippen LogP contribution in [0.1, 0.15) is 5.56 Å². The molecule has 27 heavy (non-hydrogen) atoms. The number of thioether (sulfide) groups is 1. The third kappa shape index (κ3) is 3.06. The Morgan fingerprint density at radius 1 is 1.30 bits per heavy atom. The van der Waals surface area contributed by atoms with E-state index >= 15 is 0 Å². The van der Waals surface area contributed by atoms with Gasteiger partial charge in [-0.05, 0) is 17.5 Å². The van der Waals surface area contributed by atoms with Crippen molar-refractivity contribution >= 4 is 45.0 Å². The number of rotatable bonds is 6. The number of thiophene rings is 1. The number of carbonyl (C=O) groups excluding carboxylic acids is 1. The zero-order chi connectivity index (χ0) is 19.0.